The number of halogens is 4. The minimum atomic E-state index is -2.82. The molecule has 3 rings (SSSR count). The number of nitrogens with zero attached hydrogens (tertiary/aromatic N) is 4. The molecule has 0 saturated heterocycles. The van der Waals surface area contributed by atoms with Gasteiger partial charge in [0, 0.05) is 29.8 Å². The van der Waals surface area contributed by atoms with Crippen LogP contribution < -0.4 is 10.2 Å². The van der Waals surface area contributed by atoms with Crippen molar-refractivity contribution < 1.29 is 22.8 Å². The predicted octanol–water partition coefficient (Wildman–Crippen LogP) is 3.59. The van der Waals surface area contributed by atoms with Gasteiger partial charge in [-0.2, -0.15) is 0 Å². The highest BCUT2D eigenvalue weighted by Crippen LogP contribution is 2.32. The fraction of sp³-hybridized carbons (Fsp3) is 0.211. The molecule has 162 valence electrons. The highest BCUT2D eigenvalue weighted by Gasteiger charge is 2.36. The molecule has 0 aliphatic carbocycles. The number of benzene rings is 1. The number of anilines is 1. The van der Waals surface area contributed by atoms with Crippen molar-refractivity contribution in [3.8, 4) is 10.4 Å². The van der Waals surface area contributed by atoms with E-state index in [4.69, 9.17) is 11.6 Å². The van der Waals surface area contributed by atoms with Crippen molar-refractivity contribution in [2.24, 2.45) is 0 Å². The van der Waals surface area contributed by atoms with Gasteiger partial charge in [0.05, 0.1) is 16.9 Å². The van der Waals surface area contributed by atoms with Gasteiger partial charge in [0.1, 0.15) is 12.4 Å². The van der Waals surface area contributed by atoms with E-state index in [0.29, 0.717) is 0 Å². The minimum Gasteiger partial charge on any atom is -0.348 e. The van der Waals surface area contributed by atoms with Gasteiger partial charge < -0.3 is 5.32 Å². The average Bonchev–Trinajstić information content (AvgIpc) is 3.31. The number of carbonyl (C=O) groups is 2. The van der Waals surface area contributed by atoms with E-state index in [1.807, 2.05) is 5.32 Å². The second-order valence-corrected chi connectivity index (χ2v) is 7.40. The van der Waals surface area contributed by atoms with E-state index >= 15 is 0 Å². The van der Waals surface area contributed by atoms with Gasteiger partial charge in [-0.25, -0.2) is 23.1 Å². The Hall–Kier alpha value is -3.05. The Morgan fingerprint density at radius 2 is 1.74 bits per heavy atom. The molecule has 1 N–H and O–H groups in total. The first-order valence-electron chi connectivity index (χ1n) is 8.79. The Bertz CT molecular complexity index is 1010. The first kappa shape index (κ1) is 22.6. The first-order valence-corrected chi connectivity index (χ1v) is 10.1. The summed E-state index contributed by atoms with van der Waals surface area (Å²) in [4.78, 5) is 38.7. The largest absolute Gasteiger partial charge is 0.348 e. The van der Waals surface area contributed by atoms with Gasteiger partial charge in [-0.15, -0.1) is 11.3 Å². The quantitative estimate of drug-likeness (QED) is 0.509. The summed E-state index contributed by atoms with van der Waals surface area (Å²) in [6, 6.07) is 4.76. The normalized spacial score (nSPS) is 12.9. The number of rotatable bonds is 8. The Morgan fingerprint density at radius 1 is 1.06 bits per heavy atom. The van der Waals surface area contributed by atoms with Gasteiger partial charge in [0.25, 0.3) is 18.0 Å². The molecular formula is C19H15ClF3N5O2S. The molecule has 0 saturated carbocycles. The van der Waals surface area contributed by atoms with E-state index in [1.165, 1.54) is 42.2 Å². The lowest BCUT2D eigenvalue weighted by Gasteiger charge is -2.31. The standard InChI is InChI=1S/C19H15ClF3N5O2S/c20-17(23)19(30)28(13-3-1-11(2-4-13)14-7-26-10-31-14)16(12-5-24-9-25-6-12)18(29)27-8-15(21)22/h1-7,9-10,15-17H,8H2,(H,27,29)/t16-,17+/m1/s1. The SMILES string of the molecule is O=C(NCC(F)F)[C@@H](c1cncnc1)N(C(=O)[C@H](F)Cl)c1ccc(-c2cncs2)cc1. The second kappa shape index (κ2) is 10.3. The second-order valence-electron chi connectivity index (χ2n) is 6.13. The summed E-state index contributed by atoms with van der Waals surface area (Å²) < 4.78 is 39.2. The molecule has 2 heterocycles. The van der Waals surface area contributed by atoms with Crippen LogP contribution in [-0.2, 0) is 9.59 Å². The lowest BCUT2D eigenvalue weighted by molar-refractivity contribution is -0.128. The lowest BCUT2D eigenvalue weighted by atomic mass is 10.1. The van der Waals surface area contributed by atoms with Gasteiger partial charge >= 0.3 is 0 Å². The molecule has 2 amide bonds. The number of thiazole rings is 1. The Kier molecular flexibility index (Phi) is 7.53. The summed E-state index contributed by atoms with van der Waals surface area (Å²) in [5.41, 5.74) is 0.173. The number of hydrogen-bond donors (Lipinski definition) is 1. The van der Waals surface area contributed by atoms with Crippen LogP contribution in [0.1, 0.15) is 11.6 Å². The zero-order valence-corrected chi connectivity index (χ0v) is 17.2. The maximum atomic E-state index is 13.9. The van der Waals surface area contributed by atoms with Crippen LogP contribution in [0, 0.1) is 0 Å². The van der Waals surface area contributed by atoms with Gasteiger partial charge in [0.15, 0.2) is 0 Å². The Morgan fingerprint density at radius 3 is 2.29 bits per heavy atom. The summed E-state index contributed by atoms with van der Waals surface area (Å²) in [6.07, 6.45) is 2.48. The van der Waals surface area contributed by atoms with E-state index < -0.39 is 36.5 Å². The fourth-order valence-electron chi connectivity index (χ4n) is 2.80. The monoisotopic (exact) mass is 469 g/mol. The van der Waals surface area contributed by atoms with Crippen molar-refractivity contribution >= 4 is 40.4 Å². The van der Waals surface area contributed by atoms with Crippen molar-refractivity contribution in [3.05, 3.63) is 60.3 Å². The van der Waals surface area contributed by atoms with Crippen molar-refractivity contribution in [1.29, 1.82) is 0 Å². The molecule has 0 bridgehead atoms. The average molecular weight is 470 g/mol. The summed E-state index contributed by atoms with van der Waals surface area (Å²) in [7, 11) is 0. The van der Waals surface area contributed by atoms with Crippen LogP contribution in [0.2, 0.25) is 0 Å². The summed E-state index contributed by atoms with van der Waals surface area (Å²) in [6.45, 7) is -0.949. The van der Waals surface area contributed by atoms with Crippen LogP contribution >= 0.6 is 22.9 Å². The van der Waals surface area contributed by atoms with Crippen LogP contribution in [-0.4, -0.2) is 45.4 Å². The summed E-state index contributed by atoms with van der Waals surface area (Å²) in [5.74, 6) is -2.21. The van der Waals surface area contributed by atoms with E-state index in [9.17, 15) is 22.8 Å². The molecule has 2 aromatic heterocycles. The lowest BCUT2D eigenvalue weighted by Crippen LogP contribution is -2.47. The van der Waals surface area contributed by atoms with Crippen LogP contribution in [0.3, 0.4) is 0 Å². The number of aromatic nitrogens is 3. The number of nitrogens with one attached hydrogen (secondary N) is 1. The maximum Gasteiger partial charge on any atom is 0.278 e. The molecule has 12 heteroatoms. The van der Waals surface area contributed by atoms with Crippen LogP contribution in [0.4, 0.5) is 18.9 Å². The van der Waals surface area contributed by atoms with Crippen LogP contribution in [0.5, 0.6) is 0 Å². The summed E-state index contributed by atoms with van der Waals surface area (Å²) >= 11 is 6.80. The zero-order chi connectivity index (χ0) is 22.4. The highest BCUT2D eigenvalue weighted by molar-refractivity contribution is 7.13. The van der Waals surface area contributed by atoms with E-state index in [-0.39, 0.29) is 11.3 Å². The number of alkyl halides is 4. The first-order chi connectivity index (χ1) is 14.9. The van der Waals surface area contributed by atoms with E-state index in [0.717, 1.165) is 15.3 Å². The smallest absolute Gasteiger partial charge is 0.278 e. The molecule has 0 unspecified atom stereocenters. The molecule has 7 nitrogen and oxygen atoms in total. The van der Waals surface area contributed by atoms with E-state index in [2.05, 4.69) is 15.0 Å². The molecule has 0 aliphatic rings. The fourth-order valence-corrected chi connectivity index (χ4v) is 3.53. The molecule has 0 aliphatic heterocycles. The van der Waals surface area contributed by atoms with Crippen molar-refractivity contribution in [3.63, 3.8) is 0 Å². The Labute approximate surface area is 183 Å². The Balaban J connectivity index is 2.04. The molecular weight excluding hydrogens is 455 g/mol. The molecule has 1 aromatic carbocycles. The third kappa shape index (κ3) is 5.56. The number of carbonyl (C=O) groups excluding carboxylic acids is 2. The molecule has 31 heavy (non-hydrogen) atoms. The van der Waals surface area contributed by atoms with Gasteiger partial charge in [-0.05, 0) is 17.7 Å². The number of hydrogen-bond acceptors (Lipinski definition) is 6. The maximum absolute atomic E-state index is 13.9. The van der Waals surface area contributed by atoms with Gasteiger partial charge in [-0.1, -0.05) is 23.7 Å². The van der Waals surface area contributed by atoms with Gasteiger partial charge in [0.2, 0.25) is 5.91 Å². The van der Waals surface area contributed by atoms with Gasteiger partial charge in [-0.3, -0.25) is 19.5 Å². The third-order valence-electron chi connectivity index (χ3n) is 4.12. The molecule has 3 aromatic rings. The van der Waals surface area contributed by atoms with Crippen molar-refractivity contribution in [2.45, 2.75) is 18.1 Å². The topological polar surface area (TPSA) is 88.1 Å². The molecule has 2 atom stereocenters. The highest BCUT2D eigenvalue weighted by atomic mass is 35.5. The van der Waals surface area contributed by atoms with Crippen molar-refractivity contribution in [1.82, 2.24) is 20.3 Å². The molecule has 0 spiro atoms. The third-order valence-corrected chi connectivity index (χ3v) is 5.13. The molecule has 0 radical (unpaired) electrons. The van der Waals surface area contributed by atoms with E-state index in [1.54, 1.807) is 23.8 Å². The van der Waals surface area contributed by atoms with Crippen molar-refractivity contribution in [2.75, 3.05) is 11.4 Å². The predicted molar refractivity (Wildman–Crippen MR) is 110 cm³/mol. The zero-order valence-electron chi connectivity index (χ0n) is 15.7. The molecule has 0 fully saturated rings. The van der Waals surface area contributed by atoms with Crippen LogP contribution in [0.15, 0.2) is 54.7 Å². The number of amides is 2. The van der Waals surface area contributed by atoms with Crippen LogP contribution in [0.25, 0.3) is 10.4 Å². The summed E-state index contributed by atoms with van der Waals surface area (Å²) in [5, 5.41) is 2.05. The minimum absolute atomic E-state index is 0.0893.